The molecular formula is C11H17NO9. The van der Waals surface area contributed by atoms with Gasteiger partial charge < -0.3 is 40.3 Å². The van der Waals surface area contributed by atoms with E-state index in [1.807, 2.05) is 0 Å². The molecule has 0 aliphatic carbocycles. The standard InChI is InChI=1S/C11H17NO9/c13-2-5(16)8-9-7(12-6(17)3-14)4(15)1-11(20-8,21-9)10(18)19/h4-5,7-9,13-16H,1-3H2,(H,12,17)(H,18,19)/t4-,5+,7+,8+,9+,11+/m0/s1. The number of carboxylic acids is 1. The maximum Gasteiger partial charge on any atom is 0.364 e. The second-order valence-electron chi connectivity index (χ2n) is 5.00. The van der Waals surface area contributed by atoms with E-state index in [1.165, 1.54) is 0 Å². The van der Waals surface area contributed by atoms with Crippen LogP contribution in [0, 0.1) is 0 Å². The molecule has 2 heterocycles. The normalized spacial score (nSPS) is 39.8. The minimum absolute atomic E-state index is 0.468. The van der Waals surface area contributed by atoms with Gasteiger partial charge >= 0.3 is 5.97 Å². The zero-order valence-corrected chi connectivity index (χ0v) is 10.9. The van der Waals surface area contributed by atoms with Crippen LogP contribution < -0.4 is 5.32 Å². The molecule has 2 bridgehead atoms. The van der Waals surface area contributed by atoms with Gasteiger partial charge in [-0.05, 0) is 0 Å². The molecule has 2 aliphatic rings. The summed E-state index contributed by atoms with van der Waals surface area (Å²) in [7, 11) is 0. The van der Waals surface area contributed by atoms with Crippen molar-refractivity contribution in [2.24, 2.45) is 0 Å². The number of fused-ring (bicyclic) bond motifs is 2. The number of aliphatic carboxylic acids is 1. The number of amides is 1. The number of aliphatic hydroxyl groups excluding tert-OH is 4. The van der Waals surface area contributed by atoms with Crippen molar-refractivity contribution < 1.29 is 44.6 Å². The maximum atomic E-state index is 11.3. The first-order valence-corrected chi connectivity index (χ1v) is 6.31. The van der Waals surface area contributed by atoms with Gasteiger partial charge in [0.15, 0.2) is 0 Å². The van der Waals surface area contributed by atoms with E-state index in [4.69, 9.17) is 19.7 Å². The molecule has 0 aromatic rings. The molecule has 0 radical (unpaired) electrons. The number of nitrogens with one attached hydrogen (secondary N) is 1. The van der Waals surface area contributed by atoms with Crippen LogP contribution in [0.2, 0.25) is 0 Å². The summed E-state index contributed by atoms with van der Waals surface area (Å²) in [4.78, 5) is 22.6. The summed E-state index contributed by atoms with van der Waals surface area (Å²) in [5.74, 6) is -4.41. The molecule has 2 rings (SSSR count). The van der Waals surface area contributed by atoms with E-state index < -0.39 is 67.8 Å². The van der Waals surface area contributed by atoms with Crippen molar-refractivity contribution in [1.29, 1.82) is 0 Å². The number of carboxylic acid groups (broad SMARTS) is 1. The minimum atomic E-state index is -2.13. The third-order valence-electron chi connectivity index (χ3n) is 3.59. The molecule has 0 aromatic carbocycles. The van der Waals surface area contributed by atoms with E-state index in [-0.39, 0.29) is 0 Å². The number of carbonyl (C=O) groups is 2. The number of carbonyl (C=O) groups excluding carboxylic acids is 1. The van der Waals surface area contributed by atoms with Crippen LogP contribution >= 0.6 is 0 Å². The summed E-state index contributed by atoms with van der Waals surface area (Å²) in [6.07, 6.45) is -5.65. The molecular weight excluding hydrogens is 290 g/mol. The van der Waals surface area contributed by atoms with Gasteiger partial charge in [0, 0.05) is 6.42 Å². The van der Waals surface area contributed by atoms with Gasteiger partial charge in [-0.1, -0.05) is 0 Å². The average Bonchev–Trinajstić information content (AvgIpc) is 2.78. The molecule has 6 N–H and O–H groups in total. The molecule has 21 heavy (non-hydrogen) atoms. The number of ether oxygens (including phenoxy) is 2. The molecule has 0 aromatic heterocycles. The third kappa shape index (κ3) is 2.73. The van der Waals surface area contributed by atoms with Gasteiger partial charge in [-0.25, -0.2) is 4.79 Å². The van der Waals surface area contributed by atoms with Crippen LogP contribution in [-0.2, 0) is 19.1 Å². The lowest BCUT2D eigenvalue weighted by Crippen LogP contribution is -2.61. The molecule has 1 amide bonds. The number of hydrogen-bond donors (Lipinski definition) is 6. The Morgan fingerprint density at radius 3 is 2.52 bits per heavy atom. The molecule has 10 heteroatoms. The van der Waals surface area contributed by atoms with E-state index in [0.717, 1.165) is 0 Å². The molecule has 0 saturated carbocycles. The lowest BCUT2D eigenvalue weighted by Gasteiger charge is -2.37. The summed E-state index contributed by atoms with van der Waals surface area (Å²) in [5, 5.41) is 48.9. The van der Waals surface area contributed by atoms with E-state index in [1.54, 1.807) is 0 Å². The fourth-order valence-electron chi connectivity index (χ4n) is 2.60. The zero-order valence-electron chi connectivity index (χ0n) is 10.9. The van der Waals surface area contributed by atoms with Crippen LogP contribution in [0.1, 0.15) is 6.42 Å². The Morgan fingerprint density at radius 2 is 2.00 bits per heavy atom. The highest BCUT2D eigenvalue weighted by Crippen LogP contribution is 2.41. The topological polar surface area (TPSA) is 166 Å². The summed E-state index contributed by atoms with van der Waals surface area (Å²) in [6, 6.07) is -1.08. The van der Waals surface area contributed by atoms with Crippen molar-refractivity contribution in [2.75, 3.05) is 13.2 Å². The molecule has 10 nitrogen and oxygen atoms in total. The van der Waals surface area contributed by atoms with Crippen molar-refractivity contribution in [3.8, 4) is 0 Å². The van der Waals surface area contributed by atoms with Gasteiger partial charge in [-0.2, -0.15) is 0 Å². The lowest BCUT2D eigenvalue weighted by atomic mass is 9.92. The number of rotatable bonds is 5. The first-order valence-electron chi connectivity index (χ1n) is 6.31. The maximum absolute atomic E-state index is 11.3. The van der Waals surface area contributed by atoms with E-state index in [9.17, 15) is 24.9 Å². The first kappa shape index (κ1) is 16.1. The number of aliphatic hydroxyl groups is 4. The van der Waals surface area contributed by atoms with Gasteiger partial charge in [0.05, 0.1) is 18.8 Å². The Balaban J connectivity index is 2.27. The van der Waals surface area contributed by atoms with E-state index in [2.05, 4.69) is 5.32 Å². The molecule has 2 aliphatic heterocycles. The van der Waals surface area contributed by atoms with Crippen LogP contribution in [0.15, 0.2) is 0 Å². The lowest BCUT2D eigenvalue weighted by molar-refractivity contribution is -0.234. The first-order chi connectivity index (χ1) is 9.84. The molecule has 2 fully saturated rings. The highest BCUT2D eigenvalue weighted by atomic mass is 16.8. The van der Waals surface area contributed by atoms with Crippen molar-refractivity contribution in [1.82, 2.24) is 5.32 Å². The van der Waals surface area contributed by atoms with Crippen LogP contribution in [-0.4, -0.2) is 86.9 Å². The molecule has 2 saturated heterocycles. The van der Waals surface area contributed by atoms with Crippen molar-refractivity contribution >= 4 is 11.9 Å². The Hall–Kier alpha value is -1.30. The van der Waals surface area contributed by atoms with Gasteiger partial charge in [-0.15, -0.1) is 0 Å². The Kier molecular flexibility index (Phi) is 4.46. The van der Waals surface area contributed by atoms with Gasteiger partial charge in [0.1, 0.15) is 24.9 Å². The second kappa shape index (κ2) is 5.83. The van der Waals surface area contributed by atoms with Crippen LogP contribution in [0.3, 0.4) is 0 Å². The summed E-state index contributed by atoms with van der Waals surface area (Å²) in [6.45, 7) is -1.54. The monoisotopic (exact) mass is 307 g/mol. The van der Waals surface area contributed by atoms with Crippen molar-refractivity contribution in [3.63, 3.8) is 0 Å². The number of hydrogen-bond acceptors (Lipinski definition) is 8. The Labute approximate surface area is 118 Å². The zero-order chi connectivity index (χ0) is 15.8. The van der Waals surface area contributed by atoms with Crippen molar-refractivity contribution in [2.45, 2.75) is 42.7 Å². The molecule has 6 atom stereocenters. The second-order valence-corrected chi connectivity index (χ2v) is 5.00. The quantitative estimate of drug-likeness (QED) is 0.298. The summed E-state index contributed by atoms with van der Waals surface area (Å²) < 4.78 is 10.5. The fourth-order valence-corrected chi connectivity index (χ4v) is 2.60. The molecule has 0 spiro atoms. The van der Waals surface area contributed by atoms with Crippen LogP contribution in [0.5, 0.6) is 0 Å². The predicted octanol–water partition coefficient (Wildman–Crippen LogP) is -3.85. The smallest absolute Gasteiger partial charge is 0.364 e. The van der Waals surface area contributed by atoms with Gasteiger partial charge in [-0.3, -0.25) is 4.79 Å². The average molecular weight is 307 g/mol. The summed E-state index contributed by atoms with van der Waals surface area (Å²) >= 11 is 0. The molecule has 0 unspecified atom stereocenters. The highest BCUT2D eigenvalue weighted by Gasteiger charge is 2.63. The predicted molar refractivity (Wildman–Crippen MR) is 62.8 cm³/mol. The Morgan fingerprint density at radius 1 is 1.33 bits per heavy atom. The van der Waals surface area contributed by atoms with E-state index in [0.29, 0.717) is 0 Å². The van der Waals surface area contributed by atoms with Crippen LogP contribution in [0.25, 0.3) is 0 Å². The van der Waals surface area contributed by atoms with Gasteiger partial charge in [0.25, 0.3) is 5.79 Å². The third-order valence-corrected chi connectivity index (χ3v) is 3.59. The van der Waals surface area contributed by atoms with Crippen molar-refractivity contribution in [3.05, 3.63) is 0 Å². The summed E-state index contributed by atoms with van der Waals surface area (Å²) in [5.41, 5.74) is 0. The fraction of sp³-hybridized carbons (Fsp3) is 0.818. The Bertz CT molecular complexity index is 430. The van der Waals surface area contributed by atoms with Gasteiger partial charge in [0.2, 0.25) is 5.91 Å². The van der Waals surface area contributed by atoms with Crippen LogP contribution in [0.4, 0.5) is 0 Å². The minimum Gasteiger partial charge on any atom is -0.477 e. The molecule has 120 valence electrons. The van der Waals surface area contributed by atoms with E-state index >= 15 is 0 Å². The highest BCUT2D eigenvalue weighted by molar-refractivity contribution is 5.78. The largest absolute Gasteiger partial charge is 0.477 e. The SMILES string of the molecule is O=C(CO)N[C@H]1[C@H]2O[C@@](C(=O)O)(C[C@@H]1O)O[C@@H]2[C@H](O)CO.